The quantitative estimate of drug-likeness (QED) is 0.884. The number of aliphatic hydroxyl groups is 1. The molecule has 1 aliphatic heterocycles. The highest BCUT2D eigenvalue weighted by atomic mass is 16.3. The molecule has 0 spiro atoms. The van der Waals surface area contributed by atoms with Gasteiger partial charge in [0, 0.05) is 6.54 Å². The van der Waals surface area contributed by atoms with Crippen molar-refractivity contribution in [1.29, 1.82) is 0 Å². The van der Waals surface area contributed by atoms with E-state index in [1.807, 2.05) is 0 Å². The fraction of sp³-hybridized carbons (Fsp3) is 0.625. The lowest BCUT2D eigenvalue weighted by atomic mass is 9.93. The molecule has 18 heavy (non-hydrogen) atoms. The number of nitrogens with zero attached hydrogens (tertiary/aromatic N) is 1. The highest BCUT2D eigenvalue weighted by Gasteiger charge is 2.21. The highest BCUT2D eigenvalue weighted by molar-refractivity contribution is 5.14. The topological polar surface area (TPSA) is 23.5 Å². The Balaban J connectivity index is 1.86. The second kappa shape index (κ2) is 6.91. The van der Waals surface area contributed by atoms with Crippen molar-refractivity contribution in [3.05, 3.63) is 35.9 Å². The molecule has 2 unspecified atom stereocenters. The third-order valence-corrected chi connectivity index (χ3v) is 4.08. The van der Waals surface area contributed by atoms with Crippen molar-refractivity contribution >= 4 is 0 Å². The molecule has 1 aromatic carbocycles. The van der Waals surface area contributed by atoms with Gasteiger partial charge in [0.1, 0.15) is 0 Å². The maximum Gasteiger partial charge on any atom is 0.0566 e. The van der Waals surface area contributed by atoms with Crippen LogP contribution >= 0.6 is 0 Å². The van der Waals surface area contributed by atoms with Gasteiger partial charge in [-0.15, -0.1) is 0 Å². The van der Waals surface area contributed by atoms with Gasteiger partial charge in [0.05, 0.1) is 6.10 Å². The van der Waals surface area contributed by atoms with Crippen molar-refractivity contribution in [2.45, 2.75) is 45.3 Å². The number of hydrogen-bond acceptors (Lipinski definition) is 2. The molecule has 0 bridgehead atoms. The van der Waals surface area contributed by atoms with Crippen LogP contribution in [0.5, 0.6) is 0 Å². The molecular formula is C16H25NO. The number of rotatable bonds is 4. The van der Waals surface area contributed by atoms with Crippen LogP contribution in [0.15, 0.2) is 30.3 Å². The first-order chi connectivity index (χ1) is 8.79. The zero-order chi connectivity index (χ0) is 12.8. The minimum Gasteiger partial charge on any atom is -0.393 e. The average molecular weight is 247 g/mol. The fourth-order valence-electron chi connectivity index (χ4n) is 2.90. The number of aliphatic hydroxyl groups excluding tert-OH is 1. The molecule has 0 aliphatic carbocycles. The van der Waals surface area contributed by atoms with Crippen LogP contribution in [0.2, 0.25) is 0 Å². The second-order valence-corrected chi connectivity index (χ2v) is 5.43. The molecule has 0 amide bonds. The summed E-state index contributed by atoms with van der Waals surface area (Å²) >= 11 is 0. The van der Waals surface area contributed by atoms with E-state index in [2.05, 4.69) is 42.2 Å². The minimum atomic E-state index is -0.0957. The van der Waals surface area contributed by atoms with E-state index in [9.17, 15) is 5.11 Å². The summed E-state index contributed by atoms with van der Waals surface area (Å²) in [4.78, 5) is 2.53. The predicted molar refractivity (Wildman–Crippen MR) is 75.4 cm³/mol. The Morgan fingerprint density at radius 2 is 2.00 bits per heavy atom. The summed E-state index contributed by atoms with van der Waals surface area (Å²) in [6.45, 7) is 5.42. The molecule has 2 heteroatoms. The molecule has 1 aromatic rings. The molecular weight excluding hydrogens is 222 g/mol. The monoisotopic (exact) mass is 247 g/mol. The standard InChI is InChI=1S/C16H25NO/c1-2-16(18)15-9-6-11-17(12-10-15)13-14-7-4-3-5-8-14/h3-5,7-8,15-16,18H,2,6,9-13H2,1H3. The van der Waals surface area contributed by atoms with Gasteiger partial charge in [0.2, 0.25) is 0 Å². The Labute approximate surface area is 111 Å². The van der Waals surface area contributed by atoms with Crippen molar-refractivity contribution in [2.75, 3.05) is 13.1 Å². The van der Waals surface area contributed by atoms with Gasteiger partial charge in [-0.25, -0.2) is 0 Å². The van der Waals surface area contributed by atoms with Crippen molar-refractivity contribution in [2.24, 2.45) is 5.92 Å². The average Bonchev–Trinajstić information content (AvgIpc) is 2.65. The number of benzene rings is 1. The molecule has 2 rings (SSSR count). The van der Waals surface area contributed by atoms with E-state index in [0.717, 1.165) is 25.9 Å². The summed E-state index contributed by atoms with van der Waals surface area (Å²) in [6, 6.07) is 10.7. The molecule has 1 aliphatic rings. The molecule has 0 saturated carbocycles. The normalized spacial score (nSPS) is 23.6. The van der Waals surface area contributed by atoms with Crippen LogP contribution in [0.4, 0.5) is 0 Å². The molecule has 1 saturated heterocycles. The van der Waals surface area contributed by atoms with Crippen molar-refractivity contribution in [1.82, 2.24) is 4.90 Å². The molecule has 2 nitrogen and oxygen atoms in total. The number of likely N-dealkylation sites (tertiary alicyclic amines) is 1. The summed E-state index contributed by atoms with van der Waals surface area (Å²) < 4.78 is 0. The van der Waals surface area contributed by atoms with Crippen LogP contribution in [-0.4, -0.2) is 29.2 Å². The first-order valence-electron chi connectivity index (χ1n) is 7.24. The third-order valence-electron chi connectivity index (χ3n) is 4.08. The van der Waals surface area contributed by atoms with Gasteiger partial charge in [-0.05, 0) is 50.3 Å². The Hall–Kier alpha value is -0.860. The summed E-state index contributed by atoms with van der Waals surface area (Å²) in [6.07, 6.45) is 4.33. The van der Waals surface area contributed by atoms with E-state index >= 15 is 0 Å². The van der Waals surface area contributed by atoms with Gasteiger partial charge in [-0.2, -0.15) is 0 Å². The van der Waals surface area contributed by atoms with Crippen LogP contribution in [0.3, 0.4) is 0 Å². The van der Waals surface area contributed by atoms with Gasteiger partial charge < -0.3 is 5.11 Å². The fourth-order valence-corrected chi connectivity index (χ4v) is 2.90. The Kier molecular flexibility index (Phi) is 5.21. The molecule has 1 fully saturated rings. The van der Waals surface area contributed by atoms with Gasteiger partial charge in [-0.3, -0.25) is 4.90 Å². The van der Waals surface area contributed by atoms with Crippen LogP contribution in [0.1, 0.15) is 38.2 Å². The van der Waals surface area contributed by atoms with Crippen LogP contribution in [0.25, 0.3) is 0 Å². The molecule has 0 aromatic heterocycles. The summed E-state index contributed by atoms with van der Waals surface area (Å²) in [7, 11) is 0. The Bertz CT molecular complexity index is 338. The molecule has 0 radical (unpaired) electrons. The molecule has 1 N–H and O–H groups in total. The smallest absolute Gasteiger partial charge is 0.0566 e. The first kappa shape index (κ1) is 13.6. The third kappa shape index (κ3) is 3.82. The highest BCUT2D eigenvalue weighted by Crippen LogP contribution is 2.23. The van der Waals surface area contributed by atoms with E-state index in [-0.39, 0.29) is 6.10 Å². The SMILES string of the molecule is CCC(O)C1CCCN(Cc2ccccc2)CC1. The van der Waals surface area contributed by atoms with Crippen molar-refractivity contribution in [3.63, 3.8) is 0 Å². The Morgan fingerprint density at radius 1 is 1.22 bits per heavy atom. The van der Waals surface area contributed by atoms with Crippen molar-refractivity contribution < 1.29 is 5.11 Å². The lowest BCUT2D eigenvalue weighted by Gasteiger charge is -2.21. The van der Waals surface area contributed by atoms with Crippen LogP contribution in [0, 0.1) is 5.92 Å². The lowest BCUT2D eigenvalue weighted by molar-refractivity contribution is 0.0944. The Morgan fingerprint density at radius 3 is 2.72 bits per heavy atom. The first-order valence-corrected chi connectivity index (χ1v) is 7.24. The predicted octanol–water partition coefficient (Wildman–Crippen LogP) is 3.06. The largest absolute Gasteiger partial charge is 0.393 e. The van der Waals surface area contributed by atoms with Gasteiger partial charge in [0.25, 0.3) is 0 Å². The van der Waals surface area contributed by atoms with Gasteiger partial charge in [-0.1, -0.05) is 37.3 Å². The van der Waals surface area contributed by atoms with Gasteiger partial charge in [0.15, 0.2) is 0 Å². The molecule has 1 heterocycles. The molecule has 2 atom stereocenters. The zero-order valence-corrected chi connectivity index (χ0v) is 11.4. The zero-order valence-electron chi connectivity index (χ0n) is 11.4. The van der Waals surface area contributed by atoms with E-state index < -0.39 is 0 Å². The van der Waals surface area contributed by atoms with Crippen LogP contribution < -0.4 is 0 Å². The van der Waals surface area contributed by atoms with E-state index in [1.54, 1.807) is 0 Å². The summed E-state index contributed by atoms with van der Waals surface area (Å²) in [5, 5.41) is 9.97. The van der Waals surface area contributed by atoms with Gasteiger partial charge >= 0.3 is 0 Å². The summed E-state index contributed by atoms with van der Waals surface area (Å²) in [5.41, 5.74) is 1.40. The van der Waals surface area contributed by atoms with Crippen LogP contribution in [-0.2, 0) is 6.54 Å². The molecule has 100 valence electrons. The second-order valence-electron chi connectivity index (χ2n) is 5.43. The van der Waals surface area contributed by atoms with E-state index in [1.165, 1.54) is 24.9 Å². The maximum absolute atomic E-state index is 9.97. The maximum atomic E-state index is 9.97. The number of hydrogen-bond donors (Lipinski definition) is 1. The minimum absolute atomic E-state index is 0.0957. The van der Waals surface area contributed by atoms with E-state index in [4.69, 9.17) is 0 Å². The van der Waals surface area contributed by atoms with Crippen molar-refractivity contribution in [3.8, 4) is 0 Å². The van der Waals surface area contributed by atoms with E-state index in [0.29, 0.717) is 5.92 Å². The lowest BCUT2D eigenvalue weighted by Crippen LogP contribution is -2.25. The summed E-state index contributed by atoms with van der Waals surface area (Å²) in [5.74, 6) is 0.510.